The van der Waals surface area contributed by atoms with E-state index in [1.807, 2.05) is 43.3 Å². The molecule has 3 nitrogen and oxygen atoms in total. The summed E-state index contributed by atoms with van der Waals surface area (Å²) in [6, 6.07) is 14.2. The van der Waals surface area contributed by atoms with E-state index in [1.54, 1.807) is 7.11 Å². The summed E-state index contributed by atoms with van der Waals surface area (Å²) in [6.07, 6.45) is 0. The molecule has 2 N–H and O–H groups in total. The topological polar surface area (TPSA) is 33.3 Å². The van der Waals surface area contributed by atoms with E-state index in [9.17, 15) is 0 Å². The lowest BCUT2D eigenvalue weighted by atomic mass is 9.86. The van der Waals surface area contributed by atoms with Crippen molar-refractivity contribution in [3.63, 3.8) is 0 Å². The maximum Gasteiger partial charge on any atom is 0.175 e. The highest BCUT2D eigenvalue weighted by atomic mass is 32.1. The van der Waals surface area contributed by atoms with Gasteiger partial charge in [0.1, 0.15) is 5.75 Å². The summed E-state index contributed by atoms with van der Waals surface area (Å²) in [7, 11) is 1.65. The zero-order valence-electron chi connectivity index (χ0n) is 14.4. The fourth-order valence-corrected chi connectivity index (χ4v) is 2.66. The van der Waals surface area contributed by atoms with Gasteiger partial charge in [-0.3, -0.25) is 0 Å². The van der Waals surface area contributed by atoms with Crippen LogP contribution in [0.25, 0.3) is 0 Å². The molecule has 4 heteroatoms. The normalized spacial score (nSPS) is 11.0. The van der Waals surface area contributed by atoms with Gasteiger partial charge in [0, 0.05) is 5.69 Å². The lowest BCUT2D eigenvalue weighted by molar-refractivity contribution is 0.417. The Morgan fingerprint density at radius 2 is 1.65 bits per heavy atom. The smallest absolute Gasteiger partial charge is 0.175 e. The van der Waals surface area contributed by atoms with E-state index < -0.39 is 0 Å². The van der Waals surface area contributed by atoms with Crippen LogP contribution in [-0.4, -0.2) is 12.2 Å². The number of nitrogens with one attached hydrogen (secondary N) is 2. The largest absolute Gasteiger partial charge is 0.495 e. The average Bonchev–Trinajstić information content (AvgIpc) is 2.47. The highest BCUT2D eigenvalue weighted by Gasteiger charge is 2.18. The summed E-state index contributed by atoms with van der Waals surface area (Å²) in [5.41, 5.74) is 4.29. The summed E-state index contributed by atoms with van der Waals surface area (Å²) in [4.78, 5) is 0. The van der Waals surface area contributed by atoms with Crippen LogP contribution in [0.3, 0.4) is 0 Å². The molecule has 122 valence electrons. The number of para-hydroxylation sites is 1. The number of benzene rings is 2. The number of methoxy groups -OCH3 is 1. The first-order valence-corrected chi connectivity index (χ1v) is 8.04. The summed E-state index contributed by atoms with van der Waals surface area (Å²) < 4.78 is 5.38. The summed E-state index contributed by atoms with van der Waals surface area (Å²) >= 11 is 5.47. The molecule has 0 aromatic heterocycles. The van der Waals surface area contributed by atoms with Crippen molar-refractivity contribution in [1.29, 1.82) is 0 Å². The van der Waals surface area contributed by atoms with Gasteiger partial charge in [0.05, 0.1) is 12.8 Å². The molecule has 0 radical (unpaired) electrons. The number of thiocarbonyl (C=S) groups is 1. The van der Waals surface area contributed by atoms with Gasteiger partial charge in [-0.15, -0.1) is 0 Å². The Hall–Kier alpha value is -2.07. The van der Waals surface area contributed by atoms with Crippen LogP contribution < -0.4 is 15.4 Å². The monoisotopic (exact) mass is 328 g/mol. The van der Waals surface area contributed by atoms with Gasteiger partial charge in [0.25, 0.3) is 0 Å². The van der Waals surface area contributed by atoms with Crippen molar-refractivity contribution in [3.8, 4) is 5.75 Å². The van der Waals surface area contributed by atoms with E-state index in [2.05, 4.69) is 37.5 Å². The zero-order chi connectivity index (χ0) is 17.0. The van der Waals surface area contributed by atoms with E-state index in [0.717, 1.165) is 22.7 Å². The van der Waals surface area contributed by atoms with E-state index in [-0.39, 0.29) is 5.41 Å². The fourth-order valence-electron chi connectivity index (χ4n) is 2.44. The molecule has 0 atom stereocenters. The third-order valence-corrected chi connectivity index (χ3v) is 3.79. The van der Waals surface area contributed by atoms with Crippen LogP contribution in [0.5, 0.6) is 5.75 Å². The second kappa shape index (κ2) is 7.01. The molecule has 2 aromatic rings. The fraction of sp³-hybridized carbons (Fsp3) is 0.316. The van der Waals surface area contributed by atoms with Crippen molar-refractivity contribution in [3.05, 3.63) is 53.6 Å². The van der Waals surface area contributed by atoms with Crippen LogP contribution in [0.15, 0.2) is 42.5 Å². The second-order valence-corrected chi connectivity index (χ2v) is 6.99. The molecule has 0 heterocycles. The standard InChI is InChI=1S/C19H24N2OS/c1-13-10-11-17(22-5)16(12-13)21-18(23)20-15-9-7-6-8-14(15)19(2,3)4/h6-12H,1-5H3,(H2,20,21,23). The maximum absolute atomic E-state index is 5.47. The number of rotatable bonds is 3. The van der Waals surface area contributed by atoms with E-state index in [0.29, 0.717) is 5.11 Å². The first kappa shape index (κ1) is 17.3. The number of hydrogen-bond donors (Lipinski definition) is 2. The van der Waals surface area contributed by atoms with Gasteiger partial charge < -0.3 is 15.4 Å². The molecule has 23 heavy (non-hydrogen) atoms. The summed E-state index contributed by atoms with van der Waals surface area (Å²) in [5.74, 6) is 0.767. The van der Waals surface area contributed by atoms with Gasteiger partial charge in [-0.05, 0) is 53.9 Å². The van der Waals surface area contributed by atoms with Crippen molar-refractivity contribution in [2.45, 2.75) is 33.1 Å². The molecule has 2 rings (SSSR count). The van der Waals surface area contributed by atoms with Crippen LogP contribution in [0.1, 0.15) is 31.9 Å². The minimum Gasteiger partial charge on any atom is -0.495 e. The molecular weight excluding hydrogens is 304 g/mol. The SMILES string of the molecule is COc1ccc(C)cc1NC(=S)Nc1ccccc1C(C)(C)C. The Balaban J connectivity index is 2.20. The zero-order valence-corrected chi connectivity index (χ0v) is 15.2. The van der Waals surface area contributed by atoms with E-state index >= 15 is 0 Å². The Morgan fingerprint density at radius 3 is 2.30 bits per heavy atom. The molecule has 0 aliphatic heterocycles. The molecule has 0 saturated heterocycles. The van der Waals surface area contributed by atoms with Crippen molar-refractivity contribution in [2.75, 3.05) is 17.7 Å². The minimum absolute atomic E-state index is 0.0419. The van der Waals surface area contributed by atoms with Crippen LogP contribution in [-0.2, 0) is 5.41 Å². The predicted octanol–water partition coefficient (Wildman–Crippen LogP) is 5.11. The quantitative estimate of drug-likeness (QED) is 0.767. The molecular formula is C19H24N2OS. The molecule has 0 saturated carbocycles. The van der Waals surface area contributed by atoms with Crippen molar-refractivity contribution < 1.29 is 4.74 Å². The number of aryl methyl sites for hydroxylation is 1. The van der Waals surface area contributed by atoms with Gasteiger partial charge in [0.2, 0.25) is 0 Å². The molecule has 2 aromatic carbocycles. The Labute approximate surface area is 144 Å². The predicted molar refractivity (Wildman–Crippen MR) is 103 cm³/mol. The third kappa shape index (κ3) is 4.45. The van der Waals surface area contributed by atoms with Gasteiger partial charge in [-0.25, -0.2) is 0 Å². The Kier molecular flexibility index (Phi) is 5.26. The first-order chi connectivity index (χ1) is 10.8. The maximum atomic E-state index is 5.47. The number of hydrogen-bond acceptors (Lipinski definition) is 2. The van der Waals surface area contributed by atoms with Gasteiger partial charge in [-0.2, -0.15) is 0 Å². The van der Waals surface area contributed by atoms with Crippen molar-refractivity contribution in [1.82, 2.24) is 0 Å². The van der Waals surface area contributed by atoms with Crippen molar-refractivity contribution >= 4 is 28.7 Å². The van der Waals surface area contributed by atoms with Gasteiger partial charge in [0.15, 0.2) is 5.11 Å². The molecule has 0 amide bonds. The molecule has 0 aliphatic carbocycles. The molecule has 0 bridgehead atoms. The first-order valence-electron chi connectivity index (χ1n) is 7.63. The molecule has 0 spiro atoms. The average molecular weight is 328 g/mol. The van der Waals surface area contributed by atoms with Crippen molar-refractivity contribution in [2.24, 2.45) is 0 Å². The van der Waals surface area contributed by atoms with E-state index in [1.165, 1.54) is 5.56 Å². The third-order valence-electron chi connectivity index (χ3n) is 3.59. The van der Waals surface area contributed by atoms with Crippen LogP contribution in [0.4, 0.5) is 11.4 Å². The number of anilines is 2. The highest BCUT2D eigenvalue weighted by Crippen LogP contribution is 2.30. The Morgan fingerprint density at radius 1 is 1.00 bits per heavy atom. The van der Waals surface area contributed by atoms with Gasteiger partial charge >= 0.3 is 0 Å². The summed E-state index contributed by atoms with van der Waals surface area (Å²) in [5, 5.41) is 7.07. The lowest BCUT2D eigenvalue weighted by Gasteiger charge is -2.24. The minimum atomic E-state index is 0.0419. The van der Waals surface area contributed by atoms with Gasteiger partial charge in [-0.1, -0.05) is 45.0 Å². The molecule has 0 unspecified atom stereocenters. The molecule has 0 aliphatic rings. The lowest BCUT2D eigenvalue weighted by Crippen LogP contribution is -2.22. The van der Waals surface area contributed by atoms with Crippen LogP contribution in [0.2, 0.25) is 0 Å². The van der Waals surface area contributed by atoms with Crippen LogP contribution >= 0.6 is 12.2 Å². The van der Waals surface area contributed by atoms with E-state index in [4.69, 9.17) is 17.0 Å². The number of ether oxygens (including phenoxy) is 1. The van der Waals surface area contributed by atoms with Crippen LogP contribution in [0, 0.1) is 6.92 Å². The second-order valence-electron chi connectivity index (χ2n) is 6.58. The Bertz CT molecular complexity index is 705. The molecule has 0 fully saturated rings. The highest BCUT2D eigenvalue weighted by molar-refractivity contribution is 7.80. The summed E-state index contributed by atoms with van der Waals surface area (Å²) in [6.45, 7) is 8.60.